The Kier molecular flexibility index (Phi) is 7.48. The zero-order chi connectivity index (χ0) is 29.9. The number of H-pyrrole nitrogens is 1. The fraction of sp³-hybridized carbons (Fsp3) is 0.571. The molecule has 0 aliphatic carbocycles. The van der Waals surface area contributed by atoms with Crippen molar-refractivity contribution in [2.45, 2.75) is 63.1 Å². The lowest BCUT2D eigenvalue weighted by Crippen LogP contribution is -2.43. The quantitative estimate of drug-likeness (QED) is 0.211. The van der Waals surface area contributed by atoms with Crippen LogP contribution >= 0.6 is 7.82 Å². The molecule has 5 heterocycles. The summed E-state index contributed by atoms with van der Waals surface area (Å²) in [7, 11) is -5.24. The number of aliphatic hydroxyl groups excluding tert-OH is 1. The summed E-state index contributed by atoms with van der Waals surface area (Å²) in [4.78, 5) is 48.5. The third-order valence-corrected chi connectivity index (χ3v) is 7.94. The fourth-order valence-electron chi connectivity index (χ4n) is 5.02. The summed E-state index contributed by atoms with van der Waals surface area (Å²) in [6.07, 6.45) is -6.70. The minimum Gasteiger partial charge on any atom is -0.394 e. The number of phosphoric acid groups is 1. The molecule has 7 N–H and O–H groups in total. The number of imidazole rings is 1. The van der Waals surface area contributed by atoms with Gasteiger partial charge in [0.15, 0.2) is 17.3 Å². The number of phosphoric ester groups is 1. The van der Waals surface area contributed by atoms with Crippen LogP contribution in [0.1, 0.15) is 32.7 Å². The first-order valence-electron chi connectivity index (χ1n) is 12.3. The maximum atomic E-state index is 15.4. The summed E-state index contributed by atoms with van der Waals surface area (Å²) in [6.45, 7) is 2.12. The van der Waals surface area contributed by atoms with Gasteiger partial charge in [0, 0.05) is 6.20 Å². The molecule has 2 aliphatic rings. The monoisotopic (exact) mass is 604 g/mol. The summed E-state index contributed by atoms with van der Waals surface area (Å²) in [5.41, 5.74) is 9.52. The minimum atomic E-state index is -5.24. The number of aromatic amines is 1. The highest BCUT2D eigenvalue weighted by Crippen LogP contribution is 2.54. The molecule has 0 aromatic carbocycles. The van der Waals surface area contributed by atoms with E-state index >= 15 is 8.78 Å². The zero-order valence-corrected chi connectivity index (χ0v) is 22.4. The van der Waals surface area contributed by atoms with Crippen LogP contribution < -0.4 is 22.7 Å². The van der Waals surface area contributed by atoms with Crippen molar-refractivity contribution >= 4 is 30.8 Å². The number of rotatable bonds is 8. The van der Waals surface area contributed by atoms with E-state index in [0.717, 1.165) is 12.3 Å². The molecule has 8 atom stereocenters. The van der Waals surface area contributed by atoms with Crippen LogP contribution in [0.15, 0.2) is 28.2 Å². The lowest BCUT2D eigenvalue weighted by Gasteiger charge is -2.28. The molecule has 0 spiro atoms. The van der Waals surface area contributed by atoms with Crippen molar-refractivity contribution in [1.82, 2.24) is 29.1 Å². The molecule has 2 saturated heterocycles. The number of anilines is 2. The van der Waals surface area contributed by atoms with Gasteiger partial charge in [0.1, 0.15) is 18.1 Å². The van der Waals surface area contributed by atoms with Crippen molar-refractivity contribution in [1.29, 1.82) is 0 Å². The number of aromatic nitrogens is 6. The summed E-state index contributed by atoms with van der Waals surface area (Å²) in [5, 5.41) is 9.63. The summed E-state index contributed by atoms with van der Waals surface area (Å²) < 4.78 is 66.7. The predicted octanol–water partition coefficient (Wildman–Crippen LogP) is -0.120. The number of nitrogen functional groups attached to an aromatic ring is 2. The van der Waals surface area contributed by atoms with Crippen LogP contribution in [0.5, 0.6) is 0 Å². The molecule has 8 unspecified atom stereocenters. The molecule has 2 fully saturated rings. The van der Waals surface area contributed by atoms with Gasteiger partial charge in [-0.05, 0) is 25.3 Å². The largest absolute Gasteiger partial charge is 0.473 e. The number of nitrogens with two attached hydrogens (primary N) is 2. The van der Waals surface area contributed by atoms with E-state index in [-0.39, 0.29) is 28.8 Å². The van der Waals surface area contributed by atoms with Gasteiger partial charge in [-0.3, -0.25) is 28.0 Å². The molecule has 0 saturated carbocycles. The predicted molar refractivity (Wildman–Crippen MR) is 134 cm³/mol. The summed E-state index contributed by atoms with van der Waals surface area (Å²) in [6, 6.07) is 1.08. The Bertz CT molecular complexity index is 1620. The highest BCUT2D eigenvalue weighted by atomic mass is 31.2. The first-order chi connectivity index (χ1) is 19.2. The van der Waals surface area contributed by atoms with Crippen molar-refractivity contribution in [2.24, 2.45) is 5.92 Å². The number of aliphatic hydroxyl groups is 1. The normalized spacial score (nSPS) is 30.0. The molecule has 20 heteroatoms. The number of hydrogen-bond acceptors (Lipinski definition) is 13. The van der Waals surface area contributed by atoms with E-state index in [1.165, 1.54) is 17.8 Å². The van der Waals surface area contributed by atoms with Gasteiger partial charge in [-0.2, -0.15) is 18.7 Å². The molecule has 0 radical (unpaired) electrons. The van der Waals surface area contributed by atoms with Crippen LogP contribution in [0.25, 0.3) is 11.2 Å². The number of ether oxygens (including phenoxy) is 2. The molecule has 3 aromatic heterocycles. The Balaban J connectivity index is 1.31. The van der Waals surface area contributed by atoms with Gasteiger partial charge in [-0.15, -0.1) is 0 Å². The second-order valence-corrected chi connectivity index (χ2v) is 11.1. The average Bonchev–Trinajstić information content (AvgIpc) is 3.53. The van der Waals surface area contributed by atoms with E-state index in [2.05, 4.69) is 19.9 Å². The van der Waals surface area contributed by atoms with Crippen molar-refractivity contribution < 1.29 is 41.9 Å². The summed E-state index contributed by atoms with van der Waals surface area (Å²) >= 11 is 0. The van der Waals surface area contributed by atoms with E-state index in [0.29, 0.717) is 11.0 Å². The standard InChI is InChI=1S/C21H27F2N8O9P/c1-8-5-12(31-7-26-13-16(31)28-19(25)29-17(13)33)38-14(8)9(2)39-41(35,36)40-15-10(6-32)37-18(21(15,22)23)30-4-3-11(24)27-20(30)34/h3-4,7-10,12,14-15,18,32H,5-6H2,1-2H3,(H,35,36)(H2,24,27,34)(H3,25,28,29,33). The Hall–Kier alpha value is -3.32. The van der Waals surface area contributed by atoms with Gasteiger partial charge in [0.2, 0.25) is 12.2 Å². The van der Waals surface area contributed by atoms with Gasteiger partial charge >= 0.3 is 19.4 Å². The first-order valence-corrected chi connectivity index (χ1v) is 13.8. The molecule has 17 nitrogen and oxygen atoms in total. The second kappa shape index (κ2) is 10.5. The van der Waals surface area contributed by atoms with Gasteiger partial charge in [-0.1, -0.05) is 6.92 Å². The van der Waals surface area contributed by atoms with Gasteiger partial charge in [0.25, 0.3) is 5.56 Å². The van der Waals surface area contributed by atoms with Crippen molar-refractivity contribution in [2.75, 3.05) is 18.1 Å². The molecule has 2 aliphatic heterocycles. The van der Waals surface area contributed by atoms with E-state index in [1.54, 1.807) is 6.92 Å². The number of alkyl halides is 2. The van der Waals surface area contributed by atoms with E-state index < -0.39 is 68.5 Å². The van der Waals surface area contributed by atoms with Crippen LogP contribution in [0, 0.1) is 5.92 Å². The molecule has 0 amide bonds. The Labute approximate surface area is 228 Å². The molecule has 41 heavy (non-hydrogen) atoms. The number of hydrogen-bond donors (Lipinski definition) is 5. The maximum Gasteiger partial charge on any atom is 0.473 e. The zero-order valence-electron chi connectivity index (χ0n) is 21.5. The van der Waals surface area contributed by atoms with Crippen molar-refractivity contribution in [3.8, 4) is 0 Å². The minimum absolute atomic E-state index is 0.0323. The molecule has 3 aromatic rings. The smallest absolute Gasteiger partial charge is 0.394 e. The highest BCUT2D eigenvalue weighted by molar-refractivity contribution is 7.47. The molecule has 5 rings (SSSR count). The van der Waals surface area contributed by atoms with Crippen LogP contribution in [0.2, 0.25) is 0 Å². The van der Waals surface area contributed by atoms with E-state index in [4.69, 9.17) is 30.0 Å². The third-order valence-electron chi connectivity index (χ3n) is 6.85. The molecular formula is C21H27F2N8O9P. The number of halogens is 2. The highest BCUT2D eigenvalue weighted by Gasteiger charge is 2.63. The maximum absolute atomic E-state index is 15.4. The van der Waals surface area contributed by atoms with Gasteiger partial charge in [0.05, 0.1) is 25.1 Å². The lowest BCUT2D eigenvalue weighted by molar-refractivity contribution is -0.141. The van der Waals surface area contributed by atoms with Crippen LogP contribution in [-0.4, -0.2) is 76.0 Å². The van der Waals surface area contributed by atoms with E-state index in [1.807, 2.05) is 0 Å². The molecule has 0 bridgehead atoms. The first kappa shape index (κ1) is 29.2. The van der Waals surface area contributed by atoms with Crippen LogP contribution in [0.4, 0.5) is 20.5 Å². The Morgan fingerprint density at radius 1 is 1.29 bits per heavy atom. The summed E-state index contributed by atoms with van der Waals surface area (Å²) in [5.74, 6) is -4.72. The van der Waals surface area contributed by atoms with Crippen molar-refractivity contribution in [3.05, 3.63) is 39.4 Å². The fourth-order valence-corrected chi connectivity index (χ4v) is 6.17. The van der Waals surface area contributed by atoms with E-state index in [9.17, 15) is 24.2 Å². The third kappa shape index (κ3) is 5.36. The van der Waals surface area contributed by atoms with Crippen LogP contribution in [-0.2, 0) is 23.1 Å². The Morgan fingerprint density at radius 2 is 2.02 bits per heavy atom. The number of nitrogens with one attached hydrogen (secondary N) is 1. The van der Waals surface area contributed by atoms with Gasteiger partial charge < -0.3 is 30.9 Å². The van der Waals surface area contributed by atoms with Gasteiger partial charge in [-0.25, -0.2) is 14.3 Å². The SMILES string of the molecule is CC1CC(n2cnc3c(=O)[nH]c(N)nc32)OC1C(C)OP(=O)(O)OC1C(CO)OC(n2ccc(N)nc2=O)C1(F)F. The molecule has 224 valence electrons. The topological polar surface area (TPSA) is 245 Å². The molecular weight excluding hydrogens is 577 g/mol. The van der Waals surface area contributed by atoms with Crippen LogP contribution in [0.3, 0.4) is 0 Å². The number of fused-ring (bicyclic) bond motifs is 1. The number of nitrogens with zero attached hydrogens (tertiary/aromatic N) is 5. The lowest BCUT2D eigenvalue weighted by atomic mass is 10.00. The van der Waals surface area contributed by atoms with Crippen molar-refractivity contribution in [3.63, 3.8) is 0 Å². The Morgan fingerprint density at radius 3 is 2.71 bits per heavy atom. The second-order valence-electron chi connectivity index (χ2n) is 9.77. The average molecular weight is 604 g/mol.